The number of benzene rings is 1. The fraction of sp³-hybridized carbons (Fsp3) is 0.476. The molecule has 3 rings (SSSR count). The highest BCUT2D eigenvalue weighted by atomic mass is 16.5. The molecule has 1 saturated heterocycles. The van der Waals surface area contributed by atoms with Gasteiger partial charge < -0.3 is 19.7 Å². The lowest BCUT2D eigenvalue weighted by atomic mass is 10.2. The Morgan fingerprint density at radius 2 is 2.00 bits per heavy atom. The lowest BCUT2D eigenvalue weighted by Gasteiger charge is -2.15. The van der Waals surface area contributed by atoms with Crippen molar-refractivity contribution in [2.45, 2.75) is 32.4 Å². The summed E-state index contributed by atoms with van der Waals surface area (Å²) in [5, 5.41) is 3.53. The minimum atomic E-state index is 0.483. The van der Waals surface area contributed by atoms with Gasteiger partial charge in [0.25, 0.3) is 0 Å². The molecule has 0 aliphatic carbocycles. The van der Waals surface area contributed by atoms with Crippen molar-refractivity contribution in [2.24, 2.45) is 0 Å². The molecule has 1 aromatic heterocycles. The molecule has 1 fully saturated rings. The molecule has 5 nitrogen and oxygen atoms in total. The highest BCUT2D eigenvalue weighted by Crippen LogP contribution is 2.28. The first-order chi connectivity index (χ1) is 12.8. The summed E-state index contributed by atoms with van der Waals surface area (Å²) in [4.78, 5) is 6.67. The third-order valence-corrected chi connectivity index (χ3v) is 4.70. The van der Waals surface area contributed by atoms with Gasteiger partial charge in [0.2, 0.25) is 0 Å². The average Bonchev–Trinajstić information content (AvgIpc) is 3.20. The Balaban J connectivity index is 1.46. The molecule has 140 valence electrons. The van der Waals surface area contributed by atoms with Gasteiger partial charge in [-0.15, -0.1) is 0 Å². The number of nitrogens with one attached hydrogen (secondary N) is 1. The fourth-order valence-electron chi connectivity index (χ4n) is 3.26. The number of pyridine rings is 1. The third kappa shape index (κ3) is 5.71. The Kier molecular flexibility index (Phi) is 7.28. The van der Waals surface area contributed by atoms with E-state index in [1.807, 2.05) is 24.4 Å². The molecule has 26 heavy (non-hydrogen) atoms. The molecular formula is C21H29N3O2. The van der Waals surface area contributed by atoms with Gasteiger partial charge in [-0.3, -0.25) is 4.98 Å². The summed E-state index contributed by atoms with van der Waals surface area (Å²) >= 11 is 0. The molecule has 1 aliphatic rings. The molecule has 0 unspecified atom stereocenters. The molecule has 5 heteroatoms. The van der Waals surface area contributed by atoms with E-state index in [1.54, 1.807) is 13.3 Å². The predicted molar refractivity (Wildman–Crippen MR) is 104 cm³/mol. The van der Waals surface area contributed by atoms with Crippen molar-refractivity contribution in [1.29, 1.82) is 0 Å². The Bertz CT molecular complexity index is 658. The van der Waals surface area contributed by atoms with Crippen LogP contribution in [-0.4, -0.2) is 43.2 Å². The molecular weight excluding hydrogens is 326 g/mol. The van der Waals surface area contributed by atoms with Gasteiger partial charge in [0.05, 0.1) is 7.11 Å². The zero-order chi connectivity index (χ0) is 18.0. The van der Waals surface area contributed by atoms with Crippen LogP contribution in [0.1, 0.15) is 30.4 Å². The van der Waals surface area contributed by atoms with Crippen LogP contribution in [0.25, 0.3) is 0 Å². The normalized spacial score (nSPS) is 14.5. The van der Waals surface area contributed by atoms with Crippen LogP contribution in [-0.2, 0) is 13.2 Å². The number of likely N-dealkylation sites (tertiary alicyclic amines) is 1. The summed E-state index contributed by atoms with van der Waals surface area (Å²) in [7, 11) is 1.67. The largest absolute Gasteiger partial charge is 0.493 e. The number of methoxy groups -OCH3 is 1. The maximum Gasteiger partial charge on any atom is 0.161 e. The number of hydrogen-bond donors (Lipinski definition) is 1. The van der Waals surface area contributed by atoms with Crippen molar-refractivity contribution >= 4 is 0 Å². The Morgan fingerprint density at radius 1 is 1.12 bits per heavy atom. The molecule has 0 amide bonds. The molecule has 0 bridgehead atoms. The van der Waals surface area contributed by atoms with Crippen molar-refractivity contribution in [3.63, 3.8) is 0 Å². The zero-order valence-corrected chi connectivity index (χ0v) is 15.6. The molecule has 1 aromatic carbocycles. The molecule has 0 saturated carbocycles. The number of nitrogens with zero attached hydrogens (tertiary/aromatic N) is 2. The monoisotopic (exact) mass is 355 g/mol. The summed E-state index contributed by atoms with van der Waals surface area (Å²) in [5.41, 5.74) is 2.24. The van der Waals surface area contributed by atoms with E-state index in [1.165, 1.54) is 44.5 Å². The minimum absolute atomic E-state index is 0.483. The number of hydrogen-bond acceptors (Lipinski definition) is 5. The van der Waals surface area contributed by atoms with Gasteiger partial charge in [0.15, 0.2) is 11.5 Å². The summed E-state index contributed by atoms with van der Waals surface area (Å²) in [6.07, 6.45) is 7.50. The number of rotatable bonds is 10. The van der Waals surface area contributed by atoms with E-state index in [0.29, 0.717) is 6.61 Å². The molecule has 0 atom stereocenters. The van der Waals surface area contributed by atoms with Crippen molar-refractivity contribution < 1.29 is 9.47 Å². The van der Waals surface area contributed by atoms with E-state index in [9.17, 15) is 0 Å². The second-order valence-electron chi connectivity index (χ2n) is 6.71. The molecule has 1 N–H and O–H groups in total. The first-order valence-electron chi connectivity index (χ1n) is 9.47. The summed E-state index contributed by atoms with van der Waals surface area (Å²) in [6.45, 7) is 6.11. The van der Waals surface area contributed by atoms with Crippen LogP contribution in [0.15, 0.2) is 42.7 Å². The van der Waals surface area contributed by atoms with Crippen LogP contribution in [0.5, 0.6) is 11.5 Å². The Hall–Kier alpha value is -2.11. The van der Waals surface area contributed by atoms with Crippen molar-refractivity contribution in [1.82, 2.24) is 15.2 Å². The van der Waals surface area contributed by atoms with Gasteiger partial charge in [-0.2, -0.15) is 0 Å². The highest BCUT2D eigenvalue weighted by Gasteiger charge is 2.10. The summed E-state index contributed by atoms with van der Waals surface area (Å²) in [6, 6.07) is 10.0. The lowest BCUT2D eigenvalue weighted by Crippen LogP contribution is -2.24. The first-order valence-corrected chi connectivity index (χ1v) is 9.47. The lowest BCUT2D eigenvalue weighted by molar-refractivity contribution is 0.283. The number of ether oxygens (including phenoxy) is 2. The van der Waals surface area contributed by atoms with E-state index in [2.05, 4.69) is 27.3 Å². The fourth-order valence-corrected chi connectivity index (χ4v) is 3.26. The molecule has 0 spiro atoms. The van der Waals surface area contributed by atoms with E-state index in [4.69, 9.17) is 9.47 Å². The maximum atomic E-state index is 5.95. The molecule has 0 radical (unpaired) electrons. The van der Waals surface area contributed by atoms with Gasteiger partial charge >= 0.3 is 0 Å². The summed E-state index contributed by atoms with van der Waals surface area (Å²) in [5.74, 6) is 1.53. The van der Waals surface area contributed by atoms with Gasteiger partial charge in [0.1, 0.15) is 6.61 Å². The van der Waals surface area contributed by atoms with Crippen LogP contribution < -0.4 is 14.8 Å². The van der Waals surface area contributed by atoms with Crippen molar-refractivity contribution in [3.05, 3.63) is 53.9 Å². The first kappa shape index (κ1) is 18.7. The van der Waals surface area contributed by atoms with Gasteiger partial charge in [-0.05, 0) is 69.2 Å². The van der Waals surface area contributed by atoms with Gasteiger partial charge in [-0.1, -0.05) is 12.1 Å². The Labute approximate surface area is 156 Å². The minimum Gasteiger partial charge on any atom is -0.493 e. The van der Waals surface area contributed by atoms with Gasteiger partial charge in [-0.25, -0.2) is 0 Å². The van der Waals surface area contributed by atoms with Gasteiger partial charge in [0, 0.05) is 24.5 Å². The molecule has 1 aliphatic heterocycles. The van der Waals surface area contributed by atoms with Crippen LogP contribution >= 0.6 is 0 Å². The van der Waals surface area contributed by atoms with E-state index < -0.39 is 0 Å². The summed E-state index contributed by atoms with van der Waals surface area (Å²) < 4.78 is 11.4. The van der Waals surface area contributed by atoms with Crippen LogP contribution in [0, 0.1) is 0 Å². The maximum absolute atomic E-state index is 5.95. The standard InChI is InChI=1S/C21H29N3O2/c1-25-20-8-7-18(15-23-10-5-13-24-11-2-3-12-24)14-21(20)26-17-19-6-4-9-22-16-19/h4,6-9,14,16,23H,2-3,5,10-13,15,17H2,1H3. The quantitative estimate of drug-likeness (QED) is 0.663. The average molecular weight is 355 g/mol. The smallest absolute Gasteiger partial charge is 0.161 e. The SMILES string of the molecule is COc1ccc(CNCCCN2CCCC2)cc1OCc1cccnc1. The topological polar surface area (TPSA) is 46.6 Å². The second kappa shape index (κ2) is 10.1. The third-order valence-electron chi connectivity index (χ3n) is 4.70. The predicted octanol–water partition coefficient (Wildman–Crippen LogP) is 3.24. The van der Waals surface area contributed by atoms with Crippen LogP contribution in [0.4, 0.5) is 0 Å². The number of aromatic nitrogens is 1. The highest BCUT2D eigenvalue weighted by molar-refractivity contribution is 5.43. The Morgan fingerprint density at radius 3 is 2.77 bits per heavy atom. The van der Waals surface area contributed by atoms with E-state index in [-0.39, 0.29) is 0 Å². The van der Waals surface area contributed by atoms with E-state index >= 15 is 0 Å². The second-order valence-corrected chi connectivity index (χ2v) is 6.71. The van der Waals surface area contributed by atoms with E-state index in [0.717, 1.165) is 30.2 Å². The molecule has 2 heterocycles. The van der Waals surface area contributed by atoms with Crippen LogP contribution in [0.2, 0.25) is 0 Å². The van der Waals surface area contributed by atoms with Crippen LogP contribution in [0.3, 0.4) is 0 Å². The van der Waals surface area contributed by atoms with Crippen molar-refractivity contribution in [3.8, 4) is 11.5 Å². The zero-order valence-electron chi connectivity index (χ0n) is 15.6. The van der Waals surface area contributed by atoms with Crippen molar-refractivity contribution in [2.75, 3.05) is 33.3 Å². The molecule has 2 aromatic rings.